The predicted molar refractivity (Wildman–Crippen MR) is 180 cm³/mol. The summed E-state index contributed by atoms with van der Waals surface area (Å²) in [6, 6.07) is 17.8. The molecule has 1 aromatic heterocycles. The van der Waals surface area contributed by atoms with Gasteiger partial charge < -0.3 is 24.8 Å². The van der Waals surface area contributed by atoms with E-state index in [-0.39, 0.29) is 43.4 Å². The molecule has 6 heteroatoms. The van der Waals surface area contributed by atoms with Crippen molar-refractivity contribution in [2.24, 2.45) is 9.98 Å². The molecule has 0 aliphatic carbocycles. The van der Waals surface area contributed by atoms with Crippen molar-refractivity contribution in [1.29, 1.82) is 0 Å². The molecular formula is C38H53Cl2N3V. The van der Waals surface area contributed by atoms with Crippen LogP contribution >= 0.6 is 0 Å². The molecule has 0 spiro atoms. The van der Waals surface area contributed by atoms with Crippen molar-refractivity contribution in [3.63, 3.8) is 0 Å². The van der Waals surface area contributed by atoms with E-state index in [1.807, 2.05) is 0 Å². The third kappa shape index (κ3) is 12.5. The number of unbranched alkanes of at least 4 members (excludes halogenated alkanes) is 4. The molecule has 0 saturated heterocycles. The molecule has 44 heavy (non-hydrogen) atoms. The summed E-state index contributed by atoms with van der Waals surface area (Å²) in [6.07, 6.45) is 13.7. The molecule has 0 atom stereocenters. The number of aliphatic imine (C=N–C) groups is 2. The Bertz CT molecular complexity index is 1180. The van der Waals surface area contributed by atoms with E-state index in [0.717, 1.165) is 59.9 Å². The van der Waals surface area contributed by atoms with E-state index in [0.29, 0.717) is 0 Å². The Morgan fingerprint density at radius 1 is 0.568 bits per heavy atom. The first-order valence-corrected chi connectivity index (χ1v) is 16.2. The molecule has 0 unspecified atom stereocenters. The van der Waals surface area contributed by atoms with Crippen molar-refractivity contribution in [1.82, 2.24) is 4.98 Å². The van der Waals surface area contributed by atoms with Crippen LogP contribution in [0.25, 0.3) is 0 Å². The molecule has 0 saturated carbocycles. The summed E-state index contributed by atoms with van der Waals surface area (Å²) in [6.45, 7) is 15.4. The molecular weight excluding hydrogens is 620 g/mol. The Morgan fingerprint density at radius 2 is 0.864 bits per heavy atom. The summed E-state index contributed by atoms with van der Waals surface area (Å²) in [5.41, 5.74) is 12.7. The number of nitrogens with zero attached hydrogens (tertiary/aromatic N) is 3. The van der Waals surface area contributed by atoms with Gasteiger partial charge in [0.2, 0.25) is 0 Å². The number of para-hydroxylation sites is 2. The molecule has 0 fully saturated rings. The Labute approximate surface area is 293 Å². The zero-order chi connectivity index (χ0) is 29.6. The van der Waals surface area contributed by atoms with E-state index in [4.69, 9.17) is 15.0 Å². The number of rotatable bonds is 16. The Morgan fingerprint density at radius 3 is 1.14 bits per heavy atom. The molecule has 3 rings (SSSR count). The zero-order valence-corrected chi connectivity index (χ0v) is 31.1. The molecule has 3 aromatic rings. The summed E-state index contributed by atoms with van der Waals surface area (Å²) < 4.78 is 0. The van der Waals surface area contributed by atoms with Crippen LogP contribution in [0.15, 0.2) is 58.5 Å². The molecule has 1 heterocycles. The monoisotopic (exact) mass is 672 g/mol. The van der Waals surface area contributed by atoms with Gasteiger partial charge in [-0.05, 0) is 112 Å². The first-order valence-electron chi connectivity index (χ1n) is 16.2. The third-order valence-electron chi connectivity index (χ3n) is 7.88. The standard InChI is InChI=1S/C38H53N3.2ClH.V/c1-8-12-18-31-22-16-23-32(19-13-9-2)37(31)39-29(6)35-26-28(5)27-36(41-35)30(7)40-38-33(20-14-10-3)24-17-25-34(38)21-15-11-4;;;/h16-17,22-27H,8-15,18-21H2,1-7H3;2*1H;/q;;;+2/p-2. The second kappa shape index (κ2) is 22.6. The van der Waals surface area contributed by atoms with Gasteiger partial charge in [-0.2, -0.15) is 0 Å². The SMILES string of the molecule is CCCCc1cccc(CCCC)c1N=C(C)c1cc(C)cc(C(C)=Nc2c(CCCC)cccc2CCCC)n1.[Cl-].[Cl-].[V+2]. The average Bonchev–Trinajstić information content (AvgIpc) is 2.98. The van der Waals surface area contributed by atoms with Crippen LogP contribution in [0.3, 0.4) is 0 Å². The average molecular weight is 674 g/mol. The van der Waals surface area contributed by atoms with Gasteiger partial charge in [0.1, 0.15) is 0 Å². The topological polar surface area (TPSA) is 37.6 Å². The van der Waals surface area contributed by atoms with Crippen LogP contribution in [0.4, 0.5) is 11.4 Å². The van der Waals surface area contributed by atoms with Gasteiger partial charge in [0, 0.05) is 0 Å². The fourth-order valence-corrected chi connectivity index (χ4v) is 5.34. The van der Waals surface area contributed by atoms with E-state index in [9.17, 15) is 0 Å². The van der Waals surface area contributed by atoms with Crippen LogP contribution in [-0.2, 0) is 44.2 Å². The molecule has 0 bridgehead atoms. The van der Waals surface area contributed by atoms with Crippen LogP contribution in [0.1, 0.15) is 132 Å². The molecule has 2 aromatic carbocycles. The van der Waals surface area contributed by atoms with Gasteiger partial charge in [-0.3, -0.25) is 9.98 Å². The summed E-state index contributed by atoms with van der Waals surface area (Å²) in [4.78, 5) is 15.7. The minimum Gasteiger partial charge on any atom is -1.00 e. The van der Waals surface area contributed by atoms with Crippen molar-refractivity contribution in [3.05, 3.63) is 87.7 Å². The Balaban J connectivity index is 0.00000616. The van der Waals surface area contributed by atoms with Gasteiger partial charge in [0.05, 0.1) is 34.2 Å². The number of pyridine rings is 1. The maximum Gasteiger partial charge on any atom is 2.00 e. The van der Waals surface area contributed by atoms with Crippen molar-refractivity contribution in [2.45, 2.75) is 126 Å². The van der Waals surface area contributed by atoms with Gasteiger partial charge >= 0.3 is 18.6 Å². The maximum atomic E-state index is 5.27. The van der Waals surface area contributed by atoms with Crippen LogP contribution < -0.4 is 24.8 Å². The summed E-state index contributed by atoms with van der Waals surface area (Å²) in [5, 5.41) is 0. The van der Waals surface area contributed by atoms with Gasteiger partial charge in [0.25, 0.3) is 0 Å². The van der Waals surface area contributed by atoms with E-state index < -0.39 is 0 Å². The van der Waals surface area contributed by atoms with Crippen LogP contribution in [0, 0.1) is 6.92 Å². The number of aromatic nitrogens is 1. The molecule has 1 radical (unpaired) electrons. The fourth-order valence-electron chi connectivity index (χ4n) is 5.34. The number of hydrogen-bond donors (Lipinski definition) is 0. The summed E-state index contributed by atoms with van der Waals surface area (Å²) >= 11 is 0. The Kier molecular flexibility index (Phi) is 21.6. The van der Waals surface area contributed by atoms with Crippen molar-refractivity contribution in [2.75, 3.05) is 0 Å². The van der Waals surface area contributed by atoms with Gasteiger partial charge in [-0.25, -0.2) is 4.98 Å². The molecule has 3 nitrogen and oxygen atoms in total. The smallest absolute Gasteiger partial charge is 1.00 e. The minimum absolute atomic E-state index is 0. The third-order valence-corrected chi connectivity index (χ3v) is 7.88. The number of benzene rings is 2. The van der Waals surface area contributed by atoms with E-state index in [2.05, 4.69) is 97.0 Å². The van der Waals surface area contributed by atoms with Crippen molar-refractivity contribution < 1.29 is 43.4 Å². The predicted octanol–water partition coefficient (Wildman–Crippen LogP) is 5.05. The number of aryl methyl sites for hydroxylation is 5. The summed E-state index contributed by atoms with van der Waals surface area (Å²) in [5.74, 6) is 0. The van der Waals surface area contributed by atoms with E-state index in [1.165, 1.54) is 79.2 Å². The summed E-state index contributed by atoms with van der Waals surface area (Å²) in [7, 11) is 0. The normalized spacial score (nSPS) is 11.4. The molecule has 0 aliphatic rings. The van der Waals surface area contributed by atoms with Crippen molar-refractivity contribution >= 4 is 22.8 Å². The van der Waals surface area contributed by atoms with Crippen molar-refractivity contribution in [3.8, 4) is 0 Å². The van der Waals surface area contributed by atoms with Gasteiger partial charge in [-0.1, -0.05) is 89.8 Å². The molecule has 0 N–H and O–H groups in total. The largest absolute Gasteiger partial charge is 2.00 e. The second-order valence-electron chi connectivity index (χ2n) is 11.6. The molecule has 0 amide bonds. The quantitative estimate of drug-likeness (QED) is 0.196. The molecule has 0 aliphatic heterocycles. The Hall–Kier alpha value is -1.91. The zero-order valence-electron chi connectivity index (χ0n) is 28.1. The second-order valence-corrected chi connectivity index (χ2v) is 11.6. The maximum absolute atomic E-state index is 5.27. The first kappa shape index (κ1) is 42.1. The van der Waals surface area contributed by atoms with E-state index >= 15 is 0 Å². The van der Waals surface area contributed by atoms with Crippen LogP contribution in [0.2, 0.25) is 0 Å². The number of halogens is 2. The van der Waals surface area contributed by atoms with Gasteiger partial charge in [0.15, 0.2) is 0 Å². The number of hydrogen-bond acceptors (Lipinski definition) is 3. The van der Waals surface area contributed by atoms with Crippen LogP contribution in [-0.4, -0.2) is 16.4 Å². The van der Waals surface area contributed by atoms with Crippen LogP contribution in [0.5, 0.6) is 0 Å². The first-order chi connectivity index (χ1) is 19.9. The minimum atomic E-state index is 0. The fraction of sp³-hybridized carbons (Fsp3) is 0.500. The van der Waals surface area contributed by atoms with Gasteiger partial charge in [-0.15, -0.1) is 0 Å². The van der Waals surface area contributed by atoms with E-state index in [1.54, 1.807) is 0 Å². The molecule has 239 valence electrons.